The van der Waals surface area contributed by atoms with Gasteiger partial charge in [0.25, 0.3) is 0 Å². The second-order valence-electron chi connectivity index (χ2n) is 4.88. The molecule has 6 heteroatoms. The van der Waals surface area contributed by atoms with Gasteiger partial charge in [-0.2, -0.15) is 13.2 Å². The van der Waals surface area contributed by atoms with Crippen LogP contribution in [0.2, 0.25) is 0 Å². The molecule has 0 spiro atoms. The van der Waals surface area contributed by atoms with Crippen molar-refractivity contribution in [1.82, 2.24) is 0 Å². The maximum atomic E-state index is 12.9. The first-order valence-electron chi connectivity index (χ1n) is 6.56. The number of halogens is 3. The molecule has 114 valence electrons. The molecule has 0 fully saturated rings. The van der Waals surface area contributed by atoms with Crippen LogP contribution in [0, 0.1) is 0 Å². The van der Waals surface area contributed by atoms with Crippen LogP contribution >= 0.6 is 11.3 Å². The van der Waals surface area contributed by atoms with Crippen LogP contribution in [0.1, 0.15) is 22.3 Å². The van der Waals surface area contributed by atoms with Gasteiger partial charge < -0.3 is 4.74 Å². The Bertz CT molecular complexity index is 690. The van der Waals surface area contributed by atoms with E-state index < -0.39 is 29.7 Å². The average molecular weight is 324 g/mol. The van der Waals surface area contributed by atoms with E-state index >= 15 is 0 Å². The number of rotatable bonds is 2. The number of cyclic esters (lactones) is 1. The molecule has 0 unspecified atom stereocenters. The zero-order valence-corrected chi connectivity index (χ0v) is 12.0. The van der Waals surface area contributed by atoms with Crippen molar-refractivity contribution in [2.45, 2.75) is 18.0 Å². The Labute approximate surface area is 128 Å². The van der Waals surface area contributed by atoms with Crippen molar-refractivity contribution in [2.75, 3.05) is 0 Å². The summed E-state index contributed by atoms with van der Waals surface area (Å²) in [6.07, 6.45) is -3.68. The lowest BCUT2D eigenvalue weighted by atomic mass is 9.83. The molecule has 0 radical (unpaired) electrons. The molecule has 0 saturated carbocycles. The van der Waals surface area contributed by atoms with Gasteiger partial charge in [0.1, 0.15) is 5.92 Å². The van der Waals surface area contributed by atoms with Gasteiger partial charge in [-0.3, -0.25) is 4.79 Å². The third-order valence-electron chi connectivity index (χ3n) is 3.47. The number of carbonyl (C=O) groups excluding carboxylic acids is 1. The molecule has 1 aromatic heterocycles. The fraction of sp³-hybridized carbons (Fsp3) is 0.188. The SMILES string of the molecule is O=C1OC(C(F)(F)F)=C[C@@H](c2ccccc2)[C@@H]1c1cccs1. The minimum absolute atomic E-state index is 0.652. The molecule has 1 aliphatic heterocycles. The molecule has 0 bridgehead atoms. The Balaban J connectivity index is 2.10. The lowest BCUT2D eigenvalue weighted by molar-refractivity contribution is -0.164. The first kappa shape index (κ1) is 14.8. The molecule has 2 aromatic rings. The predicted molar refractivity (Wildman–Crippen MR) is 76.5 cm³/mol. The van der Waals surface area contributed by atoms with Crippen molar-refractivity contribution >= 4 is 17.3 Å². The highest BCUT2D eigenvalue weighted by atomic mass is 32.1. The summed E-state index contributed by atoms with van der Waals surface area (Å²) in [7, 11) is 0. The van der Waals surface area contributed by atoms with Gasteiger partial charge in [-0.15, -0.1) is 11.3 Å². The van der Waals surface area contributed by atoms with Gasteiger partial charge in [0.2, 0.25) is 5.76 Å². The molecule has 0 aliphatic carbocycles. The average Bonchev–Trinajstić information content (AvgIpc) is 3.00. The van der Waals surface area contributed by atoms with E-state index in [1.54, 1.807) is 47.8 Å². The van der Waals surface area contributed by atoms with Gasteiger partial charge in [-0.1, -0.05) is 36.4 Å². The van der Waals surface area contributed by atoms with E-state index in [9.17, 15) is 18.0 Å². The Morgan fingerprint density at radius 1 is 1.05 bits per heavy atom. The molecule has 0 amide bonds. The summed E-state index contributed by atoms with van der Waals surface area (Å²) >= 11 is 1.33. The van der Waals surface area contributed by atoms with Crippen LogP contribution in [0.3, 0.4) is 0 Å². The number of carbonyl (C=O) groups is 1. The number of ether oxygens (including phenoxy) is 1. The lowest BCUT2D eigenvalue weighted by Crippen LogP contribution is -2.30. The summed E-state index contributed by atoms with van der Waals surface area (Å²) < 4.78 is 43.3. The molecule has 3 rings (SSSR count). The number of hydrogen-bond acceptors (Lipinski definition) is 3. The van der Waals surface area contributed by atoms with Crippen LogP contribution in [-0.2, 0) is 9.53 Å². The van der Waals surface area contributed by atoms with E-state index in [-0.39, 0.29) is 0 Å². The maximum absolute atomic E-state index is 12.9. The smallest absolute Gasteiger partial charge is 0.421 e. The summed E-state index contributed by atoms with van der Waals surface area (Å²) in [5, 5.41) is 1.79. The first-order valence-corrected chi connectivity index (χ1v) is 7.44. The van der Waals surface area contributed by atoms with E-state index in [1.807, 2.05) is 0 Å². The summed E-state index contributed by atoms with van der Waals surface area (Å²) in [6.45, 7) is 0. The minimum atomic E-state index is -4.68. The van der Waals surface area contributed by atoms with Gasteiger partial charge in [0.05, 0.1) is 0 Å². The molecule has 1 aliphatic rings. The fourth-order valence-electron chi connectivity index (χ4n) is 2.49. The number of hydrogen-bond donors (Lipinski definition) is 0. The molecule has 1 aromatic carbocycles. The van der Waals surface area contributed by atoms with E-state index in [0.717, 1.165) is 6.08 Å². The Morgan fingerprint density at radius 3 is 2.36 bits per heavy atom. The lowest BCUT2D eigenvalue weighted by Gasteiger charge is -2.29. The van der Waals surface area contributed by atoms with Gasteiger partial charge in [-0.05, 0) is 23.1 Å². The van der Waals surface area contributed by atoms with Crippen molar-refractivity contribution < 1.29 is 22.7 Å². The van der Waals surface area contributed by atoms with Gasteiger partial charge >= 0.3 is 12.1 Å². The Morgan fingerprint density at radius 2 is 1.77 bits per heavy atom. The Kier molecular flexibility index (Phi) is 3.78. The molecule has 22 heavy (non-hydrogen) atoms. The predicted octanol–water partition coefficient (Wildman–Crippen LogP) is 4.62. The van der Waals surface area contributed by atoms with Crippen LogP contribution in [0.5, 0.6) is 0 Å². The topological polar surface area (TPSA) is 26.3 Å². The molecule has 2 atom stereocenters. The van der Waals surface area contributed by atoms with Crippen molar-refractivity contribution in [2.24, 2.45) is 0 Å². The second-order valence-corrected chi connectivity index (χ2v) is 5.86. The van der Waals surface area contributed by atoms with Gasteiger partial charge in [0, 0.05) is 10.8 Å². The van der Waals surface area contributed by atoms with Crippen LogP contribution in [-0.4, -0.2) is 12.1 Å². The molecule has 2 nitrogen and oxygen atoms in total. The van der Waals surface area contributed by atoms with E-state index in [0.29, 0.717) is 10.4 Å². The van der Waals surface area contributed by atoms with E-state index in [1.165, 1.54) is 11.3 Å². The largest absolute Gasteiger partial charge is 0.449 e. The highest BCUT2D eigenvalue weighted by Gasteiger charge is 2.45. The van der Waals surface area contributed by atoms with Crippen LogP contribution < -0.4 is 0 Å². The number of alkyl halides is 3. The number of allylic oxidation sites excluding steroid dienone is 2. The third-order valence-corrected chi connectivity index (χ3v) is 4.42. The van der Waals surface area contributed by atoms with Crippen molar-refractivity contribution in [3.05, 3.63) is 70.1 Å². The summed E-state index contributed by atoms with van der Waals surface area (Å²) in [6, 6.07) is 12.2. The monoisotopic (exact) mass is 324 g/mol. The minimum Gasteiger partial charge on any atom is -0.421 e. The normalized spacial score (nSPS) is 22.1. The van der Waals surface area contributed by atoms with Crippen molar-refractivity contribution in [1.29, 1.82) is 0 Å². The van der Waals surface area contributed by atoms with E-state index in [4.69, 9.17) is 0 Å². The van der Waals surface area contributed by atoms with Crippen molar-refractivity contribution in [3.8, 4) is 0 Å². The third kappa shape index (κ3) is 2.78. The van der Waals surface area contributed by atoms with Crippen LogP contribution in [0.4, 0.5) is 13.2 Å². The molecule has 2 heterocycles. The molecular weight excluding hydrogens is 313 g/mol. The second kappa shape index (κ2) is 5.61. The highest BCUT2D eigenvalue weighted by molar-refractivity contribution is 7.10. The highest BCUT2D eigenvalue weighted by Crippen LogP contribution is 2.44. The summed E-state index contributed by atoms with van der Waals surface area (Å²) in [5.74, 6) is -3.56. The van der Waals surface area contributed by atoms with Gasteiger partial charge in [0.15, 0.2) is 0 Å². The van der Waals surface area contributed by atoms with Gasteiger partial charge in [-0.25, -0.2) is 0 Å². The number of benzene rings is 1. The Hall–Kier alpha value is -2.08. The first-order chi connectivity index (χ1) is 10.5. The zero-order valence-electron chi connectivity index (χ0n) is 11.2. The zero-order chi connectivity index (χ0) is 15.7. The molecule has 0 saturated heterocycles. The standard InChI is InChI=1S/C16H11F3O2S/c17-16(18,19)13-9-11(10-5-2-1-3-6-10)14(15(20)21-13)12-7-4-8-22-12/h1-9,11,14H/t11-,14+/m0/s1. The fourth-order valence-corrected chi connectivity index (χ4v) is 3.35. The van der Waals surface area contributed by atoms with Crippen LogP contribution in [0.15, 0.2) is 59.7 Å². The molecular formula is C16H11F3O2S. The molecule has 0 N–H and O–H groups in total. The number of thiophene rings is 1. The quantitative estimate of drug-likeness (QED) is 0.754. The number of esters is 1. The summed E-state index contributed by atoms with van der Waals surface area (Å²) in [5.41, 5.74) is 0.652. The van der Waals surface area contributed by atoms with E-state index in [2.05, 4.69) is 4.74 Å². The summed E-state index contributed by atoms with van der Waals surface area (Å²) in [4.78, 5) is 12.9. The van der Waals surface area contributed by atoms with Crippen LogP contribution in [0.25, 0.3) is 0 Å². The maximum Gasteiger partial charge on any atom is 0.449 e. The van der Waals surface area contributed by atoms with Crippen molar-refractivity contribution in [3.63, 3.8) is 0 Å².